The lowest BCUT2D eigenvalue weighted by atomic mass is 9.80. The zero-order chi connectivity index (χ0) is 16.8. The standard InChI is InChI=1S/C23H21I/c1-14-4-6-17-7-8-18-16(3)19(9-10-20(18)21(17)12-14)22-13-15(2)5-11-23(22)24/h4-6,9-13H,7-8H2,1-3H3. The molecule has 1 heteroatoms. The molecule has 0 spiro atoms. The number of halogens is 1. The Labute approximate surface area is 158 Å². The van der Waals surface area contributed by atoms with E-state index in [-0.39, 0.29) is 0 Å². The van der Waals surface area contributed by atoms with Gasteiger partial charge in [0.2, 0.25) is 0 Å². The molecule has 0 unspecified atom stereocenters. The minimum Gasteiger partial charge on any atom is -0.0590 e. The van der Waals surface area contributed by atoms with Gasteiger partial charge >= 0.3 is 0 Å². The largest absolute Gasteiger partial charge is 0.0590 e. The van der Waals surface area contributed by atoms with E-state index in [9.17, 15) is 0 Å². The van der Waals surface area contributed by atoms with E-state index in [1.165, 1.54) is 53.6 Å². The van der Waals surface area contributed by atoms with Crippen molar-refractivity contribution in [2.45, 2.75) is 33.6 Å². The van der Waals surface area contributed by atoms with Crippen LogP contribution in [0.15, 0.2) is 48.5 Å². The lowest BCUT2D eigenvalue weighted by molar-refractivity contribution is 0.930. The Morgan fingerprint density at radius 2 is 1.33 bits per heavy atom. The second-order valence-electron chi connectivity index (χ2n) is 6.91. The van der Waals surface area contributed by atoms with Crippen LogP contribution >= 0.6 is 22.6 Å². The minimum atomic E-state index is 1.15. The third kappa shape index (κ3) is 2.59. The van der Waals surface area contributed by atoms with Crippen molar-refractivity contribution in [1.82, 2.24) is 0 Å². The van der Waals surface area contributed by atoms with Gasteiger partial charge in [-0.25, -0.2) is 0 Å². The molecule has 120 valence electrons. The molecule has 3 aromatic carbocycles. The monoisotopic (exact) mass is 424 g/mol. The van der Waals surface area contributed by atoms with Crippen molar-refractivity contribution in [2.24, 2.45) is 0 Å². The molecule has 0 heterocycles. The minimum absolute atomic E-state index is 1.15. The van der Waals surface area contributed by atoms with Crippen LogP contribution in [0.4, 0.5) is 0 Å². The maximum absolute atomic E-state index is 2.46. The van der Waals surface area contributed by atoms with E-state index in [1.807, 2.05) is 0 Å². The van der Waals surface area contributed by atoms with Crippen molar-refractivity contribution in [3.63, 3.8) is 0 Å². The average Bonchev–Trinajstić information content (AvgIpc) is 2.57. The van der Waals surface area contributed by atoms with Gasteiger partial charge in [-0.2, -0.15) is 0 Å². The van der Waals surface area contributed by atoms with Crippen molar-refractivity contribution < 1.29 is 0 Å². The fourth-order valence-corrected chi connectivity index (χ4v) is 4.51. The molecule has 0 N–H and O–H groups in total. The van der Waals surface area contributed by atoms with Gasteiger partial charge in [0.1, 0.15) is 0 Å². The molecule has 24 heavy (non-hydrogen) atoms. The molecule has 0 bridgehead atoms. The number of hydrogen-bond donors (Lipinski definition) is 0. The lowest BCUT2D eigenvalue weighted by Gasteiger charge is -2.24. The van der Waals surface area contributed by atoms with Crippen molar-refractivity contribution in [2.75, 3.05) is 0 Å². The molecule has 0 amide bonds. The van der Waals surface area contributed by atoms with Crippen molar-refractivity contribution in [3.05, 3.63) is 79.9 Å². The first kappa shape index (κ1) is 15.9. The maximum Gasteiger partial charge on any atom is 0.0209 e. The van der Waals surface area contributed by atoms with Crippen LogP contribution in [-0.2, 0) is 12.8 Å². The molecule has 1 aliphatic rings. The highest BCUT2D eigenvalue weighted by Gasteiger charge is 2.20. The molecule has 4 rings (SSSR count). The van der Waals surface area contributed by atoms with Gasteiger partial charge in [0.25, 0.3) is 0 Å². The molecule has 0 aromatic heterocycles. The summed E-state index contributed by atoms with van der Waals surface area (Å²) in [7, 11) is 0. The van der Waals surface area contributed by atoms with E-state index in [4.69, 9.17) is 0 Å². The Balaban J connectivity index is 1.93. The van der Waals surface area contributed by atoms with Gasteiger partial charge in [0.15, 0.2) is 0 Å². The maximum atomic E-state index is 2.46. The average molecular weight is 424 g/mol. The molecule has 0 saturated heterocycles. The first-order valence-electron chi connectivity index (χ1n) is 8.53. The van der Waals surface area contributed by atoms with Gasteiger partial charge < -0.3 is 0 Å². The second-order valence-corrected chi connectivity index (χ2v) is 8.07. The van der Waals surface area contributed by atoms with E-state index in [0.717, 1.165) is 12.8 Å². The number of fused-ring (bicyclic) bond motifs is 3. The normalized spacial score (nSPS) is 12.7. The SMILES string of the molecule is Cc1ccc(I)c(-c2ccc3c(c2C)CCc2ccc(C)cc2-3)c1. The molecule has 0 aliphatic heterocycles. The molecular weight excluding hydrogens is 403 g/mol. The summed E-state index contributed by atoms with van der Waals surface area (Å²) in [6, 6.07) is 18.3. The Morgan fingerprint density at radius 1 is 0.667 bits per heavy atom. The molecular formula is C23H21I. The quantitative estimate of drug-likeness (QED) is 0.384. The van der Waals surface area contributed by atoms with Gasteiger partial charge in [-0.05, 0) is 101 Å². The fourth-order valence-electron chi connectivity index (χ4n) is 3.89. The van der Waals surface area contributed by atoms with Gasteiger partial charge in [-0.15, -0.1) is 0 Å². The highest BCUT2D eigenvalue weighted by Crippen LogP contribution is 2.40. The first-order chi connectivity index (χ1) is 11.5. The summed E-state index contributed by atoms with van der Waals surface area (Å²) in [5, 5.41) is 0. The predicted octanol–water partition coefficient (Wildman–Crippen LogP) is 6.65. The van der Waals surface area contributed by atoms with Crippen LogP contribution < -0.4 is 0 Å². The summed E-state index contributed by atoms with van der Waals surface area (Å²) in [6.07, 6.45) is 2.30. The van der Waals surface area contributed by atoms with Crippen molar-refractivity contribution in [3.8, 4) is 22.3 Å². The second kappa shape index (κ2) is 6.03. The smallest absolute Gasteiger partial charge is 0.0209 e. The van der Waals surface area contributed by atoms with E-state index >= 15 is 0 Å². The molecule has 1 aliphatic carbocycles. The third-order valence-corrected chi connectivity index (χ3v) is 6.15. The molecule has 0 saturated carbocycles. The van der Waals surface area contributed by atoms with Crippen LogP contribution in [0.1, 0.15) is 27.8 Å². The van der Waals surface area contributed by atoms with Gasteiger partial charge in [0, 0.05) is 3.57 Å². The van der Waals surface area contributed by atoms with Crippen molar-refractivity contribution in [1.29, 1.82) is 0 Å². The fraction of sp³-hybridized carbons (Fsp3) is 0.217. The van der Waals surface area contributed by atoms with Crippen LogP contribution in [0.2, 0.25) is 0 Å². The summed E-state index contributed by atoms with van der Waals surface area (Å²) >= 11 is 2.46. The number of hydrogen-bond acceptors (Lipinski definition) is 0. The van der Waals surface area contributed by atoms with Gasteiger partial charge in [0.05, 0.1) is 0 Å². The van der Waals surface area contributed by atoms with Gasteiger partial charge in [-0.1, -0.05) is 53.6 Å². The Bertz CT molecular complexity index is 950. The van der Waals surface area contributed by atoms with Crippen LogP contribution in [0.5, 0.6) is 0 Å². The highest BCUT2D eigenvalue weighted by atomic mass is 127. The summed E-state index contributed by atoms with van der Waals surface area (Å²) in [5.74, 6) is 0. The van der Waals surface area contributed by atoms with Crippen molar-refractivity contribution >= 4 is 22.6 Å². The third-order valence-electron chi connectivity index (χ3n) is 5.21. The number of rotatable bonds is 1. The predicted molar refractivity (Wildman–Crippen MR) is 112 cm³/mol. The summed E-state index contributed by atoms with van der Waals surface area (Å²) in [5.41, 5.74) is 12.8. The highest BCUT2D eigenvalue weighted by molar-refractivity contribution is 14.1. The lowest BCUT2D eigenvalue weighted by Crippen LogP contribution is -2.07. The molecule has 0 radical (unpaired) electrons. The van der Waals surface area contributed by atoms with Crippen LogP contribution in [0.3, 0.4) is 0 Å². The molecule has 0 nitrogen and oxygen atoms in total. The molecule has 0 atom stereocenters. The van der Waals surface area contributed by atoms with E-state index in [1.54, 1.807) is 0 Å². The van der Waals surface area contributed by atoms with E-state index in [2.05, 4.69) is 91.9 Å². The van der Waals surface area contributed by atoms with E-state index < -0.39 is 0 Å². The Hall–Kier alpha value is -1.61. The number of aryl methyl sites for hydroxylation is 3. The molecule has 3 aromatic rings. The summed E-state index contributed by atoms with van der Waals surface area (Å²) < 4.78 is 1.33. The Kier molecular flexibility index (Phi) is 4.00. The Morgan fingerprint density at radius 3 is 2.12 bits per heavy atom. The van der Waals surface area contributed by atoms with Gasteiger partial charge in [-0.3, -0.25) is 0 Å². The zero-order valence-electron chi connectivity index (χ0n) is 14.4. The van der Waals surface area contributed by atoms with E-state index in [0.29, 0.717) is 0 Å². The topological polar surface area (TPSA) is 0 Å². The summed E-state index contributed by atoms with van der Waals surface area (Å²) in [6.45, 7) is 6.66. The number of benzene rings is 3. The van der Waals surface area contributed by atoms with Crippen LogP contribution in [-0.4, -0.2) is 0 Å². The zero-order valence-corrected chi connectivity index (χ0v) is 16.6. The van der Waals surface area contributed by atoms with Crippen LogP contribution in [0.25, 0.3) is 22.3 Å². The molecule has 0 fully saturated rings. The first-order valence-corrected chi connectivity index (χ1v) is 9.61. The summed E-state index contributed by atoms with van der Waals surface area (Å²) in [4.78, 5) is 0. The van der Waals surface area contributed by atoms with Crippen LogP contribution in [0, 0.1) is 24.3 Å².